The van der Waals surface area contributed by atoms with Crippen LogP contribution in [0, 0.1) is 11.8 Å². The van der Waals surface area contributed by atoms with Gasteiger partial charge in [-0.1, -0.05) is 22.8 Å². The lowest BCUT2D eigenvalue weighted by Crippen LogP contribution is -2.24. The molecule has 5 heteroatoms. The monoisotopic (exact) mass is 390 g/mol. The molecule has 1 unspecified atom stereocenters. The van der Waals surface area contributed by atoms with E-state index in [9.17, 15) is 9.59 Å². The first kappa shape index (κ1) is 22.4. The number of esters is 2. The second-order valence-electron chi connectivity index (χ2n) is 8.13. The Morgan fingerprint density at radius 3 is 2.57 bits per heavy atom. The summed E-state index contributed by atoms with van der Waals surface area (Å²) in [4.78, 5) is 23.9. The highest BCUT2D eigenvalue weighted by Crippen LogP contribution is 2.35. The number of methoxy groups -OCH3 is 1. The van der Waals surface area contributed by atoms with Crippen LogP contribution < -0.4 is 0 Å². The summed E-state index contributed by atoms with van der Waals surface area (Å²) < 4.78 is 16.5. The molecule has 28 heavy (non-hydrogen) atoms. The molecule has 1 fully saturated rings. The van der Waals surface area contributed by atoms with E-state index < -0.39 is 0 Å². The molecule has 1 heterocycles. The van der Waals surface area contributed by atoms with Gasteiger partial charge in [-0.25, -0.2) is 0 Å². The molecule has 0 aromatic heterocycles. The van der Waals surface area contributed by atoms with E-state index in [2.05, 4.69) is 19.9 Å². The van der Waals surface area contributed by atoms with Gasteiger partial charge in [-0.05, 0) is 58.6 Å². The van der Waals surface area contributed by atoms with E-state index in [0.717, 1.165) is 31.3 Å². The summed E-state index contributed by atoms with van der Waals surface area (Å²) in [6, 6.07) is 0. The van der Waals surface area contributed by atoms with Crippen molar-refractivity contribution in [3.63, 3.8) is 0 Å². The Balaban J connectivity index is 2.31. The molecule has 2 rings (SSSR count). The molecule has 1 aliphatic carbocycles. The third kappa shape index (κ3) is 6.62. The lowest BCUT2D eigenvalue weighted by atomic mass is 9.84. The van der Waals surface area contributed by atoms with Crippen LogP contribution in [0.3, 0.4) is 0 Å². The SMILES string of the molecule is COCC1C(=O)O[C@H]2/C=C(\C)C[C@@H](OC(C)=O)/C=C(\C)CC/C=C(\C)CC[C@H]12. The first-order chi connectivity index (χ1) is 13.3. The molecule has 4 atom stereocenters. The largest absolute Gasteiger partial charge is 0.458 e. The van der Waals surface area contributed by atoms with Gasteiger partial charge in [-0.2, -0.15) is 0 Å². The Kier molecular flexibility index (Phi) is 8.49. The Hall–Kier alpha value is -1.88. The van der Waals surface area contributed by atoms with Gasteiger partial charge in [0.05, 0.1) is 12.5 Å². The van der Waals surface area contributed by atoms with E-state index >= 15 is 0 Å². The van der Waals surface area contributed by atoms with Crippen LogP contribution in [-0.2, 0) is 23.8 Å². The zero-order valence-electron chi connectivity index (χ0n) is 17.8. The van der Waals surface area contributed by atoms with Crippen LogP contribution in [0.1, 0.15) is 59.8 Å². The number of ether oxygens (including phenoxy) is 3. The van der Waals surface area contributed by atoms with E-state index in [0.29, 0.717) is 13.0 Å². The van der Waals surface area contributed by atoms with E-state index in [-0.39, 0.29) is 36.0 Å². The Morgan fingerprint density at radius 2 is 1.89 bits per heavy atom. The van der Waals surface area contributed by atoms with Crippen LogP contribution in [0.4, 0.5) is 0 Å². The van der Waals surface area contributed by atoms with Gasteiger partial charge >= 0.3 is 11.9 Å². The first-order valence-corrected chi connectivity index (χ1v) is 10.2. The second kappa shape index (κ2) is 10.6. The van der Waals surface area contributed by atoms with Crippen LogP contribution in [0.2, 0.25) is 0 Å². The van der Waals surface area contributed by atoms with Crippen LogP contribution in [0.5, 0.6) is 0 Å². The van der Waals surface area contributed by atoms with Gasteiger partial charge < -0.3 is 14.2 Å². The fraction of sp³-hybridized carbons (Fsp3) is 0.652. The van der Waals surface area contributed by atoms with Crippen molar-refractivity contribution >= 4 is 11.9 Å². The average Bonchev–Trinajstić information content (AvgIpc) is 2.86. The van der Waals surface area contributed by atoms with E-state index in [1.165, 1.54) is 18.1 Å². The summed E-state index contributed by atoms with van der Waals surface area (Å²) in [6.45, 7) is 8.04. The molecule has 0 aromatic carbocycles. The molecule has 5 nitrogen and oxygen atoms in total. The van der Waals surface area contributed by atoms with Gasteiger partial charge in [-0.3, -0.25) is 9.59 Å². The van der Waals surface area contributed by atoms with Crippen molar-refractivity contribution in [2.75, 3.05) is 13.7 Å². The number of rotatable bonds is 3. The molecule has 0 N–H and O–H groups in total. The number of allylic oxidation sites excluding steroid dienone is 3. The van der Waals surface area contributed by atoms with Gasteiger partial charge in [0.2, 0.25) is 0 Å². The summed E-state index contributed by atoms with van der Waals surface area (Å²) in [5, 5.41) is 0. The Labute approximate surface area is 168 Å². The molecular formula is C23H34O5. The lowest BCUT2D eigenvalue weighted by molar-refractivity contribution is -0.144. The van der Waals surface area contributed by atoms with Crippen molar-refractivity contribution in [1.82, 2.24) is 0 Å². The topological polar surface area (TPSA) is 61.8 Å². The first-order valence-electron chi connectivity index (χ1n) is 10.2. The van der Waals surface area contributed by atoms with Crippen LogP contribution >= 0.6 is 0 Å². The molecule has 1 saturated heterocycles. The Bertz CT molecular complexity index is 658. The Morgan fingerprint density at radius 1 is 1.14 bits per heavy atom. The minimum absolute atomic E-state index is 0.0955. The summed E-state index contributed by atoms with van der Waals surface area (Å²) in [6.07, 6.45) is 10.1. The maximum absolute atomic E-state index is 12.4. The zero-order chi connectivity index (χ0) is 20.7. The number of hydrogen-bond donors (Lipinski definition) is 0. The molecule has 0 bridgehead atoms. The smallest absolute Gasteiger partial charge is 0.312 e. The van der Waals surface area contributed by atoms with Crippen molar-refractivity contribution in [2.45, 2.75) is 72.0 Å². The summed E-state index contributed by atoms with van der Waals surface area (Å²) >= 11 is 0. The molecule has 156 valence electrons. The molecule has 0 saturated carbocycles. The average molecular weight is 391 g/mol. The highest BCUT2D eigenvalue weighted by atomic mass is 16.6. The molecule has 0 spiro atoms. The molecule has 1 aliphatic heterocycles. The minimum Gasteiger partial charge on any atom is -0.458 e. The van der Waals surface area contributed by atoms with Crippen molar-refractivity contribution in [2.24, 2.45) is 11.8 Å². The third-order valence-corrected chi connectivity index (χ3v) is 5.50. The van der Waals surface area contributed by atoms with E-state index in [1.54, 1.807) is 7.11 Å². The molecule has 0 radical (unpaired) electrons. The summed E-state index contributed by atoms with van der Waals surface area (Å²) in [5.74, 6) is -0.604. The quantitative estimate of drug-likeness (QED) is 0.523. The number of fused-ring (bicyclic) bond motifs is 1. The predicted octanol–water partition coefficient (Wildman–Crippen LogP) is 4.53. The predicted molar refractivity (Wildman–Crippen MR) is 109 cm³/mol. The molecule has 0 amide bonds. The molecular weight excluding hydrogens is 356 g/mol. The maximum atomic E-state index is 12.4. The fourth-order valence-electron chi connectivity index (χ4n) is 4.06. The maximum Gasteiger partial charge on any atom is 0.312 e. The summed E-state index contributed by atoms with van der Waals surface area (Å²) in [7, 11) is 1.62. The molecule has 0 aromatic rings. The number of hydrogen-bond acceptors (Lipinski definition) is 5. The highest BCUT2D eigenvalue weighted by molar-refractivity contribution is 5.75. The minimum atomic E-state index is -0.299. The van der Waals surface area contributed by atoms with Crippen molar-refractivity contribution in [3.8, 4) is 0 Å². The van der Waals surface area contributed by atoms with Gasteiger partial charge in [0.25, 0.3) is 0 Å². The summed E-state index contributed by atoms with van der Waals surface area (Å²) in [5.41, 5.74) is 3.60. The van der Waals surface area contributed by atoms with E-state index in [1.807, 2.05) is 19.1 Å². The van der Waals surface area contributed by atoms with Gasteiger partial charge in [0.15, 0.2) is 0 Å². The molecule has 2 aliphatic rings. The number of carbonyl (C=O) groups is 2. The van der Waals surface area contributed by atoms with Gasteiger partial charge in [0.1, 0.15) is 12.2 Å². The van der Waals surface area contributed by atoms with Crippen LogP contribution in [0.25, 0.3) is 0 Å². The van der Waals surface area contributed by atoms with Gasteiger partial charge in [0, 0.05) is 26.4 Å². The number of carbonyl (C=O) groups excluding carboxylic acids is 2. The fourth-order valence-corrected chi connectivity index (χ4v) is 4.06. The standard InChI is InChI=1S/C23H34O5/c1-15-7-6-8-16(2)11-19(27-18(4)24)12-17(3)13-22-20(10-9-15)21(14-26-5)23(25)28-22/h7,11,13,19-22H,6,8-10,12,14H2,1-5H3/b15-7+,16-11+,17-13+/t19-,20+,21?,22-/m0/s1. The van der Waals surface area contributed by atoms with Crippen molar-refractivity contribution in [3.05, 3.63) is 34.9 Å². The zero-order valence-corrected chi connectivity index (χ0v) is 17.8. The van der Waals surface area contributed by atoms with Crippen molar-refractivity contribution < 1.29 is 23.8 Å². The normalized spacial score (nSPS) is 35.2. The van der Waals surface area contributed by atoms with Crippen LogP contribution in [0.15, 0.2) is 34.9 Å². The third-order valence-electron chi connectivity index (χ3n) is 5.50. The lowest BCUT2D eigenvalue weighted by Gasteiger charge is -2.21. The van der Waals surface area contributed by atoms with Crippen molar-refractivity contribution in [1.29, 1.82) is 0 Å². The highest BCUT2D eigenvalue weighted by Gasteiger charge is 2.43. The van der Waals surface area contributed by atoms with Crippen LogP contribution in [-0.4, -0.2) is 37.9 Å². The van der Waals surface area contributed by atoms with Gasteiger partial charge in [-0.15, -0.1) is 0 Å². The second-order valence-corrected chi connectivity index (χ2v) is 8.13. The van der Waals surface area contributed by atoms with E-state index in [4.69, 9.17) is 14.2 Å².